The van der Waals surface area contributed by atoms with Gasteiger partial charge in [-0.15, -0.1) is 0 Å². The number of benzene rings is 1. The first-order valence-corrected chi connectivity index (χ1v) is 7.96. The number of hydrogen-bond donors (Lipinski definition) is 2. The van der Waals surface area contributed by atoms with Gasteiger partial charge in [0.2, 0.25) is 0 Å². The molecule has 2 rings (SSSR count). The second-order valence-electron chi connectivity index (χ2n) is 5.40. The molecule has 136 valence electrons. The molecule has 0 aliphatic rings. The van der Waals surface area contributed by atoms with Crippen LogP contribution in [0, 0.1) is 0 Å². The van der Waals surface area contributed by atoms with Crippen molar-refractivity contribution in [2.24, 2.45) is 12.0 Å². The molecule has 2 aromatic rings. The highest BCUT2D eigenvalue weighted by Crippen LogP contribution is 2.30. The van der Waals surface area contributed by atoms with Gasteiger partial charge >= 0.3 is 6.18 Å². The number of nitrogens with zero attached hydrogens (tertiary/aromatic N) is 3. The van der Waals surface area contributed by atoms with Crippen molar-refractivity contribution in [3.05, 3.63) is 52.3 Å². The van der Waals surface area contributed by atoms with Crippen LogP contribution in [-0.2, 0) is 26.2 Å². The maximum atomic E-state index is 12.9. The number of guanidine groups is 1. The Kier molecular flexibility index (Phi) is 6.30. The summed E-state index contributed by atoms with van der Waals surface area (Å²) in [6.45, 7) is 0.559. The monoisotopic (exact) mass is 373 g/mol. The van der Waals surface area contributed by atoms with Crippen LogP contribution in [0.1, 0.15) is 16.8 Å². The average molecular weight is 374 g/mol. The lowest BCUT2D eigenvalue weighted by molar-refractivity contribution is -0.142. The molecular formula is C16H19ClF3N5. The molecule has 0 unspecified atom stereocenters. The Balaban J connectivity index is 1.87. The van der Waals surface area contributed by atoms with Gasteiger partial charge in [0, 0.05) is 44.0 Å². The molecule has 9 heteroatoms. The van der Waals surface area contributed by atoms with E-state index in [1.165, 1.54) is 13.2 Å². The van der Waals surface area contributed by atoms with Gasteiger partial charge in [-0.3, -0.25) is 9.67 Å². The number of nitrogens with one attached hydrogen (secondary N) is 2. The van der Waals surface area contributed by atoms with E-state index in [4.69, 9.17) is 11.6 Å². The molecule has 0 aliphatic heterocycles. The van der Waals surface area contributed by atoms with Crippen LogP contribution in [-0.4, -0.2) is 29.3 Å². The number of aromatic nitrogens is 2. The average Bonchev–Trinajstić information content (AvgIpc) is 2.93. The van der Waals surface area contributed by atoms with Crippen molar-refractivity contribution >= 4 is 17.6 Å². The van der Waals surface area contributed by atoms with Gasteiger partial charge in [0.05, 0.1) is 0 Å². The minimum absolute atomic E-state index is 0.0245. The highest BCUT2D eigenvalue weighted by molar-refractivity contribution is 6.30. The summed E-state index contributed by atoms with van der Waals surface area (Å²) in [4.78, 5) is 4.01. The second kappa shape index (κ2) is 8.24. The summed E-state index contributed by atoms with van der Waals surface area (Å²) in [7, 11) is 3.02. The normalized spacial score (nSPS) is 12.3. The van der Waals surface area contributed by atoms with Crippen LogP contribution >= 0.6 is 11.6 Å². The Bertz CT molecular complexity index is 722. The summed E-state index contributed by atoms with van der Waals surface area (Å²) in [6, 6.07) is 7.47. The van der Waals surface area contributed by atoms with Crippen molar-refractivity contribution in [3.8, 4) is 0 Å². The summed E-state index contributed by atoms with van der Waals surface area (Å²) < 4.78 is 39.9. The predicted octanol–water partition coefficient (Wildman–Crippen LogP) is 3.00. The summed E-state index contributed by atoms with van der Waals surface area (Å²) >= 11 is 5.83. The molecule has 0 spiro atoms. The predicted molar refractivity (Wildman–Crippen MR) is 91.6 cm³/mol. The lowest BCUT2D eigenvalue weighted by atomic mass is 10.1. The molecule has 0 saturated carbocycles. The van der Waals surface area contributed by atoms with Crippen LogP contribution in [0.2, 0.25) is 5.02 Å². The molecule has 1 aromatic heterocycles. The second-order valence-corrected chi connectivity index (χ2v) is 5.84. The molecule has 0 radical (unpaired) electrons. The number of rotatable bonds is 5. The Labute approximate surface area is 148 Å². The number of alkyl halides is 3. The van der Waals surface area contributed by atoms with Gasteiger partial charge in [0.25, 0.3) is 0 Å². The van der Waals surface area contributed by atoms with Gasteiger partial charge in [0.1, 0.15) is 0 Å². The van der Waals surface area contributed by atoms with E-state index in [1.54, 1.807) is 7.05 Å². The van der Waals surface area contributed by atoms with E-state index < -0.39 is 11.9 Å². The van der Waals surface area contributed by atoms with Crippen LogP contribution < -0.4 is 10.6 Å². The van der Waals surface area contributed by atoms with Crippen molar-refractivity contribution in [2.45, 2.75) is 19.1 Å². The molecule has 0 atom stereocenters. The number of hydrogen-bond acceptors (Lipinski definition) is 2. The van der Waals surface area contributed by atoms with E-state index >= 15 is 0 Å². The third-order valence-electron chi connectivity index (χ3n) is 3.46. The Morgan fingerprint density at radius 2 is 1.92 bits per heavy atom. The van der Waals surface area contributed by atoms with Gasteiger partial charge < -0.3 is 10.6 Å². The lowest BCUT2D eigenvalue weighted by Crippen LogP contribution is -2.38. The van der Waals surface area contributed by atoms with Crippen molar-refractivity contribution in [1.29, 1.82) is 0 Å². The molecule has 0 aliphatic carbocycles. The van der Waals surface area contributed by atoms with Crippen LogP contribution in [0.25, 0.3) is 0 Å². The Morgan fingerprint density at radius 3 is 2.52 bits per heavy atom. The highest BCUT2D eigenvalue weighted by atomic mass is 35.5. The number of halogens is 4. The topological polar surface area (TPSA) is 54.2 Å². The van der Waals surface area contributed by atoms with E-state index in [0.717, 1.165) is 16.7 Å². The maximum Gasteiger partial charge on any atom is 0.435 e. The van der Waals surface area contributed by atoms with Crippen LogP contribution in [0.3, 0.4) is 0 Å². The van der Waals surface area contributed by atoms with E-state index in [9.17, 15) is 13.2 Å². The Morgan fingerprint density at radius 1 is 1.24 bits per heavy atom. The van der Waals surface area contributed by atoms with E-state index in [2.05, 4.69) is 20.7 Å². The van der Waals surface area contributed by atoms with Crippen LogP contribution in [0.4, 0.5) is 13.2 Å². The zero-order valence-electron chi connectivity index (χ0n) is 13.9. The third kappa shape index (κ3) is 5.67. The van der Waals surface area contributed by atoms with Crippen molar-refractivity contribution in [3.63, 3.8) is 0 Å². The van der Waals surface area contributed by atoms with Crippen molar-refractivity contribution in [2.75, 3.05) is 13.6 Å². The molecule has 5 nitrogen and oxygen atoms in total. The molecule has 25 heavy (non-hydrogen) atoms. The van der Waals surface area contributed by atoms with E-state index in [-0.39, 0.29) is 12.1 Å². The minimum Gasteiger partial charge on any atom is -0.356 e. The summed E-state index contributed by atoms with van der Waals surface area (Å²) in [5, 5.41) is 10.1. The third-order valence-corrected chi connectivity index (χ3v) is 3.71. The molecule has 0 saturated heterocycles. The zero-order chi connectivity index (χ0) is 18.4. The molecule has 0 bridgehead atoms. The minimum atomic E-state index is -4.48. The van der Waals surface area contributed by atoms with Crippen molar-refractivity contribution < 1.29 is 13.2 Å². The van der Waals surface area contributed by atoms with E-state index in [1.807, 2.05) is 24.3 Å². The van der Waals surface area contributed by atoms with Gasteiger partial charge in [-0.2, -0.15) is 18.3 Å². The first-order valence-electron chi connectivity index (χ1n) is 7.58. The highest BCUT2D eigenvalue weighted by Gasteiger charge is 2.36. The van der Waals surface area contributed by atoms with Gasteiger partial charge in [-0.1, -0.05) is 23.7 Å². The molecule has 1 heterocycles. The Hall–Kier alpha value is -2.22. The fourth-order valence-corrected chi connectivity index (χ4v) is 2.41. The smallest absolute Gasteiger partial charge is 0.356 e. The quantitative estimate of drug-likeness (QED) is 0.625. The summed E-state index contributed by atoms with van der Waals surface area (Å²) in [5.74, 6) is 0.422. The van der Waals surface area contributed by atoms with Gasteiger partial charge in [-0.05, 0) is 24.1 Å². The van der Waals surface area contributed by atoms with Crippen LogP contribution in [0.5, 0.6) is 0 Å². The fourth-order valence-electron chi connectivity index (χ4n) is 2.28. The number of aliphatic imine (C=N–C) groups is 1. The number of aryl methyl sites for hydroxylation is 1. The largest absolute Gasteiger partial charge is 0.435 e. The van der Waals surface area contributed by atoms with Gasteiger partial charge in [-0.25, -0.2) is 0 Å². The standard InChI is InChI=1S/C16H19ClF3N5/c1-21-15(22-8-7-11-3-5-13(17)6-4-11)23-9-12-10-25(2)24-14(12)16(18,19)20/h3-6,10H,7-9H2,1-2H3,(H2,21,22,23). The molecule has 0 amide bonds. The maximum absolute atomic E-state index is 12.9. The molecule has 0 fully saturated rings. The zero-order valence-corrected chi connectivity index (χ0v) is 14.6. The molecule has 1 aromatic carbocycles. The van der Waals surface area contributed by atoms with E-state index in [0.29, 0.717) is 17.5 Å². The first kappa shape index (κ1) is 19.1. The SMILES string of the molecule is CN=C(NCCc1ccc(Cl)cc1)NCc1cn(C)nc1C(F)(F)F. The molecular weight excluding hydrogens is 355 g/mol. The van der Waals surface area contributed by atoms with Gasteiger partial charge in [0.15, 0.2) is 11.7 Å². The van der Waals surface area contributed by atoms with Crippen LogP contribution in [0.15, 0.2) is 35.5 Å². The lowest BCUT2D eigenvalue weighted by Gasteiger charge is -2.12. The first-order chi connectivity index (χ1) is 11.8. The summed E-state index contributed by atoms with van der Waals surface area (Å²) in [6.07, 6.45) is -2.40. The molecule has 2 N–H and O–H groups in total. The van der Waals surface area contributed by atoms with Crippen molar-refractivity contribution in [1.82, 2.24) is 20.4 Å². The fraction of sp³-hybridized carbons (Fsp3) is 0.375. The summed E-state index contributed by atoms with van der Waals surface area (Å²) in [5.41, 5.74) is 0.272.